The van der Waals surface area contributed by atoms with Crippen LogP contribution in [-0.2, 0) is 20.9 Å². The van der Waals surface area contributed by atoms with E-state index >= 15 is 0 Å². The van der Waals surface area contributed by atoms with Crippen LogP contribution in [0.4, 0.5) is 0 Å². The van der Waals surface area contributed by atoms with Gasteiger partial charge in [-0.2, -0.15) is 0 Å². The molecule has 1 aromatic rings. The minimum atomic E-state index is -1.06. The predicted octanol–water partition coefficient (Wildman–Crippen LogP) is 1.12. The van der Waals surface area contributed by atoms with E-state index in [2.05, 4.69) is 0 Å². The molecule has 7 nitrogen and oxygen atoms in total. The third kappa shape index (κ3) is 3.99. The summed E-state index contributed by atoms with van der Waals surface area (Å²) in [5.74, 6) is -1.10. The Morgan fingerprint density at radius 1 is 1.24 bits per heavy atom. The topological polar surface area (TPSA) is 87.2 Å². The Labute approximate surface area is 146 Å². The Hall–Kier alpha value is -2.41. The molecule has 25 heavy (non-hydrogen) atoms. The summed E-state index contributed by atoms with van der Waals surface area (Å²) in [5.41, 5.74) is 1.49. The molecule has 0 bridgehead atoms. The molecule has 0 spiro atoms. The highest BCUT2D eigenvalue weighted by Crippen LogP contribution is 2.17. The van der Waals surface area contributed by atoms with Gasteiger partial charge in [-0.25, -0.2) is 4.79 Å². The van der Waals surface area contributed by atoms with E-state index in [9.17, 15) is 14.4 Å². The van der Waals surface area contributed by atoms with Crippen molar-refractivity contribution >= 4 is 17.8 Å². The number of carbonyl (C=O) groups excluding carboxylic acids is 2. The quantitative estimate of drug-likeness (QED) is 0.883. The second-order valence-corrected chi connectivity index (χ2v) is 6.60. The van der Waals surface area contributed by atoms with E-state index < -0.39 is 12.1 Å². The zero-order valence-electron chi connectivity index (χ0n) is 14.2. The van der Waals surface area contributed by atoms with Gasteiger partial charge in [-0.05, 0) is 31.0 Å². The minimum Gasteiger partial charge on any atom is -0.479 e. The number of ether oxygens (including phenoxy) is 1. The number of hydrogen-bond donors (Lipinski definition) is 1. The molecule has 2 aliphatic heterocycles. The van der Waals surface area contributed by atoms with Crippen molar-refractivity contribution in [1.29, 1.82) is 0 Å². The molecule has 0 aromatic heterocycles. The lowest BCUT2D eigenvalue weighted by Crippen LogP contribution is -2.51. The number of carboxylic acid groups (broad SMARTS) is 1. The highest BCUT2D eigenvalue weighted by atomic mass is 16.5. The highest BCUT2D eigenvalue weighted by molar-refractivity contribution is 5.94. The van der Waals surface area contributed by atoms with Crippen LogP contribution in [0.2, 0.25) is 0 Å². The van der Waals surface area contributed by atoms with Crippen molar-refractivity contribution in [1.82, 2.24) is 9.80 Å². The van der Waals surface area contributed by atoms with Crippen LogP contribution in [0.5, 0.6) is 0 Å². The van der Waals surface area contributed by atoms with Crippen molar-refractivity contribution in [2.75, 3.05) is 19.6 Å². The molecule has 0 saturated carbocycles. The van der Waals surface area contributed by atoms with Gasteiger partial charge in [0.05, 0.1) is 12.6 Å². The first-order valence-electron chi connectivity index (χ1n) is 8.48. The number of amides is 2. The largest absolute Gasteiger partial charge is 0.479 e. The third-order valence-corrected chi connectivity index (χ3v) is 4.57. The van der Waals surface area contributed by atoms with Crippen LogP contribution in [0.1, 0.15) is 35.7 Å². The molecule has 2 saturated heterocycles. The van der Waals surface area contributed by atoms with Crippen molar-refractivity contribution in [2.45, 2.75) is 38.5 Å². The number of carbonyl (C=O) groups is 3. The predicted molar refractivity (Wildman–Crippen MR) is 89.0 cm³/mol. The van der Waals surface area contributed by atoms with Gasteiger partial charge in [0.1, 0.15) is 0 Å². The second-order valence-electron chi connectivity index (χ2n) is 6.60. The van der Waals surface area contributed by atoms with Gasteiger partial charge >= 0.3 is 5.97 Å². The maximum absolute atomic E-state index is 12.6. The summed E-state index contributed by atoms with van der Waals surface area (Å²) < 4.78 is 5.34. The van der Waals surface area contributed by atoms with Crippen LogP contribution in [0.15, 0.2) is 24.3 Å². The van der Waals surface area contributed by atoms with E-state index in [0.29, 0.717) is 25.1 Å². The molecule has 2 aliphatic rings. The van der Waals surface area contributed by atoms with Crippen molar-refractivity contribution < 1.29 is 24.2 Å². The van der Waals surface area contributed by atoms with Crippen LogP contribution < -0.4 is 0 Å². The number of likely N-dealkylation sites (tertiary alicyclic amines) is 1. The van der Waals surface area contributed by atoms with Crippen molar-refractivity contribution in [2.24, 2.45) is 0 Å². The Morgan fingerprint density at radius 2 is 1.96 bits per heavy atom. The first kappa shape index (κ1) is 17.4. The molecular formula is C18H22N2O5. The van der Waals surface area contributed by atoms with Gasteiger partial charge in [-0.3, -0.25) is 9.59 Å². The molecule has 1 aromatic carbocycles. The van der Waals surface area contributed by atoms with Gasteiger partial charge in [0.25, 0.3) is 5.91 Å². The summed E-state index contributed by atoms with van der Waals surface area (Å²) >= 11 is 0. The highest BCUT2D eigenvalue weighted by Gasteiger charge is 2.33. The average Bonchev–Trinajstić information content (AvgIpc) is 2.99. The normalized spacial score (nSPS) is 23.8. The fourth-order valence-electron chi connectivity index (χ4n) is 3.28. The zero-order valence-corrected chi connectivity index (χ0v) is 14.2. The Morgan fingerprint density at radius 3 is 2.56 bits per heavy atom. The van der Waals surface area contributed by atoms with Crippen molar-refractivity contribution in [3.05, 3.63) is 35.4 Å². The molecular weight excluding hydrogens is 324 g/mol. The first-order chi connectivity index (χ1) is 11.9. The third-order valence-electron chi connectivity index (χ3n) is 4.57. The number of morpholine rings is 1. The lowest BCUT2D eigenvalue weighted by Gasteiger charge is -2.35. The number of hydrogen-bond acceptors (Lipinski definition) is 4. The van der Waals surface area contributed by atoms with Crippen LogP contribution in [-0.4, -0.2) is 64.5 Å². The lowest BCUT2D eigenvalue weighted by molar-refractivity contribution is -0.160. The smallest absolute Gasteiger partial charge is 0.334 e. The molecule has 2 heterocycles. The van der Waals surface area contributed by atoms with E-state index in [4.69, 9.17) is 9.84 Å². The molecule has 7 heteroatoms. The number of carboxylic acids is 1. The number of benzene rings is 1. The van der Waals surface area contributed by atoms with Crippen molar-refractivity contribution in [3.63, 3.8) is 0 Å². The average molecular weight is 346 g/mol. The van der Waals surface area contributed by atoms with Crippen LogP contribution in [0, 0.1) is 0 Å². The fraction of sp³-hybridized carbons (Fsp3) is 0.500. The summed E-state index contributed by atoms with van der Waals surface area (Å²) in [6.07, 6.45) is 0.193. The molecule has 2 amide bonds. The van der Waals surface area contributed by atoms with E-state index in [1.54, 1.807) is 19.1 Å². The monoisotopic (exact) mass is 346 g/mol. The molecule has 134 valence electrons. The Balaban J connectivity index is 1.65. The maximum atomic E-state index is 12.6. The van der Waals surface area contributed by atoms with Gasteiger partial charge in [0.2, 0.25) is 5.91 Å². The maximum Gasteiger partial charge on any atom is 0.334 e. The standard InChI is InChI=1S/C18H22N2O5/c1-12-9-20(11-15(25-12)18(23)24)17(22)14-6-4-13(5-7-14)10-19-8-2-3-16(19)21/h4-7,12,15H,2-3,8-11H2,1H3,(H,23,24)/t12-,15?/m1/s1. The SMILES string of the molecule is C[C@@H]1CN(C(=O)c2ccc(CN3CCCC3=O)cc2)CC(C(=O)O)O1. The molecule has 0 aliphatic carbocycles. The van der Waals surface area contributed by atoms with Crippen LogP contribution >= 0.6 is 0 Å². The van der Waals surface area contributed by atoms with Gasteiger partial charge in [0.15, 0.2) is 6.10 Å². The molecule has 2 fully saturated rings. The summed E-state index contributed by atoms with van der Waals surface area (Å²) in [6.45, 7) is 3.51. The molecule has 2 atom stereocenters. The summed E-state index contributed by atoms with van der Waals surface area (Å²) in [4.78, 5) is 38.8. The van der Waals surface area contributed by atoms with E-state index in [1.165, 1.54) is 4.90 Å². The Bertz CT molecular complexity index is 673. The van der Waals surface area contributed by atoms with E-state index in [-0.39, 0.29) is 24.5 Å². The van der Waals surface area contributed by atoms with Gasteiger partial charge in [-0.15, -0.1) is 0 Å². The first-order valence-corrected chi connectivity index (χ1v) is 8.48. The summed E-state index contributed by atoms with van der Waals surface area (Å²) in [5, 5.41) is 9.12. The minimum absolute atomic E-state index is 0.0442. The lowest BCUT2D eigenvalue weighted by atomic mass is 10.1. The number of rotatable bonds is 4. The van der Waals surface area contributed by atoms with E-state index in [1.807, 2.05) is 17.0 Å². The van der Waals surface area contributed by atoms with Gasteiger partial charge in [-0.1, -0.05) is 12.1 Å². The summed E-state index contributed by atoms with van der Waals surface area (Å²) in [6, 6.07) is 7.15. The molecule has 1 N–H and O–H groups in total. The molecule has 0 radical (unpaired) electrons. The summed E-state index contributed by atoms with van der Waals surface area (Å²) in [7, 11) is 0. The van der Waals surface area contributed by atoms with E-state index in [0.717, 1.165) is 18.5 Å². The Kier molecular flexibility index (Phi) is 5.03. The molecule has 3 rings (SSSR count). The zero-order chi connectivity index (χ0) is 18.0. The van der Waals surface area contributed by atoms with Crippen molar-refractivity contribution in [3.8, 4) is 0 Å². The van der Waals surface area contributed by atoms with Crippen LogP contribution in [0.3, 0.4) is 0 Å². The second kappa shape index (κ2) is 7.23. The molecule has 1 unspecified atom stereocenters. The number of nitrogens with zero attached hydrogens (tertiary/aromatic N) is 2. The number of aliphatic carboxylic acids is 1. The van der Waals surface area contributed by atoms with Crippen LogP contribution in [0.25, 0.3) is 0 Å². The fourth-order valence-corrected chi connectivity index (χ4v) is 3.28. The van der Waals surface area contributed by atoms with Gasteiger partial charge < -0.3 is 19.6 Å². The van der Waals surface area contributed by atoms with Gasteiger partial charge in [0, 0.05) is 31.6 Å².